The molecule has 0 aliphatic carbocycles. The summed E-state index contributed by atoms with van der Waals surface area (Å²) in [6.07, 6.45) is 0.416. The van der Waals surface area contributed by atoms with Crippen molar-refractivity contribution >= 4 is 5.97 Å². The van der Waals surface area contributed by atoms with E-state index in [-0.39, 0.29) is 5.69 Å². The number of hydrogen-bond acceptors (Lipinski definition) is 6. The van der Waals surface area contributed by atoms with Crippen molar-refractivity contribution in [3.8, 4) is 5.75 Å². The second-order valence-corrected chi connectivity index (χ2v) is 3.54. The summed E-state index contributed by atoms with van der Waals surface area (Å²) in [7, 11) is 1.16. The highest BCUT2D eigenvalue weighted by molar-refractivity contribution is 5.89. The van der Waals surface area contributed by atoms with Gasteiger partial charge >= 0.3 is 5.97 Å². The minimum absolute atomic E-state index is 0.316. The number of fused-ring (bicyclic) bond motifs is 1. The van der Waals surface area contributed by atoms with E-state index in [1.165, 1.54) is 4.57 Å². The van der Waals surface area contributed by atoms with Gasteiger partial charge in [0.25, 0.3) is 5.56 Å². The minimum atomic E-state index is -0.826. The molecule has 92 valence electrons. The van der Waals surface area contributed by atoms with Crippen molar-refractivity contribution in [3.63, 3.8) is 0 Å². The fourth-order valence-electron chi connectivity index (χ4n) is 1.67. The van der Waals surface area contributed by atoms with Crippen LogP contribution in [0.5, 0.6) is 5.75 Å². The molecule has 7 heteroatoms. The Kier molecular flexibility index (Phi) is 3.10. The van der Waals surface area contributed by atoms with E-state index in [1.807, 2.05) is 0 Å². The molecule has 1 aliphatic heterocycles. The number of carbonyl (C=O) groups excluding carboxylic acids is 1. The molecule has 2 heterocycles. The van der Waals surface area contributed by atoms with Crippen LogP contribution in [0.2, 0.25) is 0 Å². The van der Waals surface area contributed by atoms with Gasteiger partial charge in [-0.05, 0) is 0 Å². The first-order chi connectivity index (χ1) is 8.15. The first kappa shape index (κ1) is 11.6. The van der Waals surface area contributed by atoms with Crippen molar-refractivity contribution in [2.24, 2.45) is 0 Å². The van der Waals surface area contributed by atoms with Gasteiger partial charge in [0.15, 0.2) is 5.69 Å². The molecule has 0 amide bonds. The van der Waals surface area contributed by atoms with Crippen LogP contribution in [0.25, 0.3) is 0 Å². The van der Waals surface area contributed by atoms with Crippen LogP contribution < -0.4 is 5.56 Å². The summed E-state index contributed by atoms with van der Waals surface area (Å²) in [4.78, 5) is 27.1. The van der Waals surface area contributed by atoms with Crippen molar-refractivity contribution < 1.29 is 19.4 Å². The monoisotopic (exact) mass is 240 g/mol. The summed E-state index contributed by atoms with van der Waals surface area (Å²) in [6.45, 7) is 1.12. The van der Waals surface area contributed by atoms with Gasteiger partial charge in [-0.25, -0.2) is 9.78 Å². The van der Waals surface area contributed by atoms with E-state index >= 15 is 0 Å². The van der Waals surface area contributed by atoms with Gasteiger partial charge in [-0.2, -0.15) is 0 Å². The van der Waals surface area contributed by atoms with Crippen molar-refractivity contribution in [1.82, 2.24) is 9.55 Å². The largest absolute Gasteiger partial charge is 0.501 e. The maximum Gasteiger partial charge on any atom is 0.360 e. The fourth-order valence-corrected chi connectivity index (χ4v) is 1.67. The second-order valence-electron chi connectivity index (χ2n) is 3.54. The van der Waals surface area contributed by atoms with Gasteiger partial charge in [-0.1, -0.05) is 0 Å². The van der Waals surface area contributed by atoms with Crippen molar-refractivity contribution in [1.29, 1.82) is 0 Å². The smallest absolute Gasteiger partial charge is 0.360 e. The van der Waals surface area contributed by atoms with Gasteiger partial charge in [0.1, 0.15) is 5.82 Å². The Balaban J connectivity index is 2.59. The number of esters is 1. The molecule has 0 saturated carbocycles. The Morgan fingerprint density at radius 2 is 2.29 bits per heavy atom. The number of ether oxygens (including phenoxy) is 2. The van der Waals surface area contributed by atoms with Crippen molar-refractivity contribution in [2.45, 2.75) is 13.0 Å². The van der Waals surface area contributed by atoms with E-state index in [9.17, 15) is 14.7 Å². The predicted molar refractivity (Wildman–Crippen MR) is 56.0 cm³/mol. The van der Waals surface area contributed by atoms with Crippen LogP contribution in [-0.2, 0) is 22.4 Å². The van der Waals surface area contributed by atoms with Crippen LogP contribution in [0.1, 0.15) is 16.3 Å². The Labute approximate surface area is 96.6 Å². The number of rotatable bonds is 1. The normalized spacial score (nSPS) is 14.9. The summed E-state index contributed by atoms with van der Waals surface area (Å²) < 4.78 is 11.0. The number of carbonyl (C=O) groups is 1. The number of aromatic nitrogens is 2. The molecular weight excluding hydrogens is 228 g/mol. The number of hydrogen-bond donors (Lipinski definition) is 1. The van der Waals surface area contributed by atoms with Gasteiger partial charge in [0.05, 0.1) is 26.9 Å². The molecule has 0 aromatic carbocycles. The third kappa shape index (κ3) is 2.01. The van der Waals surface area contributed by atoms with E-state index in [0.717, 1.165) is 7.11 Å². The zero-order valence-corrected chi connectivity index (χ0v) is 9.30. The van der Waals surface area contributed by atoms with Crippen LogP contribution in [-0.4, -0.2) is 41.0 Å². The third-order valence-electron chi connectivity index (χ3n) is 2.53. The lowest BCUT2D eigenvalue weighted by Crippen LogP contribution is -2.27. The second kappa shape index (κ2) is 4.54. The zero-order valence-electron chi connectivity index (χ0n) is 9.30. The molecule has 17 heavy (non-hydrogen) atoms. The summed E-state index contributed by atoms with van der Waals surface area (Å²) in [5.41, 5.74) is -0.980. The standard InChI is InChI=1S/C10H12N2O5/c1-16-10(15)7-8(13)9(14)12-3-5-17-4-2-6(12)11-7/h13H,2-5H2,1H3. The molecule has 1 aliphatic rings. The first-order valence-corrected chi connectivity index (χ1v) is 5.14. The highest BCUT2D eigenvalue weighted by Gasteiger charge is 2.22. The molecule has 1 aromatic rings. The molecule has 1 N–H and O–H groups in total. The number of nitrogens with zero attached hydrogens (tertiary/aromatic N) is 2. The van der Waals surface area contributed by atoms with E-state index in [2.05, 4.69) is 9.72 Å². The van der Waals surface area contributed by atoms with Gasteiger partial charge in [-0.3, -0.25) is 9.36 Å². The number of methoxy groups -OCH3 is 1. The third-order valence-corrected chi connectivity index (χ3v) is 2.53. The maximum absolute atomic E-state index is 11.8. The van der Waals surface area contributed by atoms with Crippen LogP contribution in [0.3, 0.4) is 0 Å². The molecule has 0 fully saturated rings. The molecule has 0 radical (unpaired) electrons. The number of aromatic hydroxyl groups is 1. The molecule has 7 nitrogen and oxygen atoms in total. The van der Waals surface area contributed by atoms with Gasteiger partial charge in [0, 0.05) is 6.42 Å². The molecular formula is C10H12N2O5. The topological polar surface area (TPSA) is 90.7 Å². The summed E-state index contributed by atoms with van der Waals surface area (Å²) in [5, 5.41) is 9.61. The zero-order chi connectivity index (χ0) is 12.4. The van der Waals surface area contributed by atoms with Gasteiger partial charge in [-0.15, -0.1) is 0 Å². The minimum Gasteiger partial charge on any atom is -0.501 e. The van der Waals surface area contributed by atoms with E-state index in [4.69, 9.17) is 4.74 Å². The quantitative estimate of drug-likeness (QED) is 0.653. The lowest BCUT2D eigenvalue weighted by molar-refractivity contribution is 0.0589. The average Bonchev–Trinajstić information content (AvgIpc) is 2.58. The molecule has 2 rings (SSSR count). The highest BCUT2D eigenvalue weighted by Crippen LogP contribution is 2.12. The summed E-state index contributed by atoms with van der Waals surface area (Å²) >= 11 is 0. The summed E-state index contributed by atoms with van der Waals surface area (Å²) in [5.74, 6) is -1.08. The van der Waals surface area contributed by atoms with E-state index in [1.54, 1.807) is 0 Å². The predicted octanol–water partition coefficient (Wildman–Crippen LogP) is -0.692. The fraction of sp³-hybridized carbons (Fsp3) is 0.500. The Morgan fingerprint density at radius 1 is 1.53 bits per heavy atom. The van der Waals surface area contributed by atoms with Crippen LogP contribution in [0.4, 0.5) is 0 Å². The lowest BCUT2D eigenvalue weighted by atomic mass is 10.3. The Morgan fingerprint density at radius 3 is 3.00 bits per heavy atom. The van der Waals surface area contributed by atoms with E-state index < -0.39 is 17.3 Å². The average molecular weight is 240 g/mol. The Hall–Kier alpha value is -1.89. The van der Waals surface area contributed by atoms with E-state index in [0.29, 0.717) is 32.0 Å². The highest BCUT2D eigenvalue weighted by atomic mass is 16.5. The molecule has 0 saturated heterocycles. The first-order valence-electron chi connectivity index (χ1n) is 5.14. The van der Waals surface area contributed by atoms with Gasteiger partial charge in [0.2, 0.25) is 5.75 Å². The Bertz CT molecular complexity index is 508. The SMILES string of the molecule is COC(=O)c1nc2n(c(=O)c1O)CCOCC2. The molecule has 1 aromatic heterocycles. The maximum atomic E-state index is 11.8. The van der Waals surface area contributed by atoms with Crippen LogP contribution in [0.15, 0.2) is 4.79 Å². The molecule has 0 unspecified atom stereocenters. The van der Waals surface area contributed by atoms with Crippen LogP contribution >= 0.6 is 0 Å². The van der Waals surface area contributed by atoms with Gasteiger partial charge < -0.3 is 14.6 Å². The molecule has 0 bridgehead atoms. The molecule has 0 atom stereocenters. The molecule has 0 spiro atoms. The van der Waals surface area contributed by atoms with Crippen molar-refractivity contribution in [2.75, 3.05) is 20.3 Å². The van der Waals surface area contributed by atoms with Crippen molar-refractivity contribution in [3.05, 3.63) is 21.9 Å². The van der Waals surface area contributed by atoms with Crippen LogP contribution in [0, 0.1) is 0 Å². The lowest BCUT2D eigenvalue weighted by Gasteiger charge is -2.10. The summed E-state index contributed by atoms with van der Waals surface area (Å²) in [6, 6.07) is 0.